The Morgan fingerprint density at radius 3 is 2.83 bits per heavy atom. The second-order valence-electron chi connectivity index (χ2n) is 5.97. The van der Waals surface area contributed by atoms with Gasteiger partial charge in [-0.15, -0.1) is 0 Å². The number of fused-ring (bicyclic) bond motifs is 1. The molecule has 1 saturated heterocycles. The minimum Gasteiger partial charge on any atom is -0.319 e. The molecule has 100 valence electrons. The van der Waals surface area contributed by atoms with Gasteiger partial charge in [-0.2, -0.15) is 0 Å². The standard InChI is InChI=1S/C14H24N4/c1-17-7-5-11(6-8-17)9-12-10-18-13(15)3-2-4-14(18)16-12/h10-11,13H,2-9,15H2,1H3. The van der Waals surface area contributed by atoms with Crippen molar-refractivity contribution in [1.82, 2.24) is 14.5 Å². The zero-order valence-electron chi connectivity index (χ0n) is 11.3. The van der Waals surface area contributed by atoms with Gasteiger partial charge in [-0.25, -0.2) is 4.98 Å². The number of imidazole rings is 1. The number of rotatable bonds is 2. The SMILES string of the molecule is CN1CCC(Cc2cn3c(n2)CCCC3N)CC1. The third-order valence-corrected chi connectivity index (χ3v) is 4.45. The Balaban J connectivity index is 1.66. The van der Waals surface area contributed by atoms with Gasteiger partial charge in [-0.3, -0.25) is 0 Å². The van der Waals surface area contributed by atoms with Gasteiger partial charge >= 0.3 is 0 Å². The molecule has 1 aromatic heterocycles. The van der Waals surface area contributed by atoms with E-state index in [2.05, 4.69) is 22.7 Å². The molecular formula is C14H24N4. The molecule has 4 nitrogen and oxygen atoms in total. The van der Waals surface area contributed by atoms with E-state index < -0.39 is 0 Å². The van der Waals surface area contributed by atoms with E-state index in [0.717, 1.165) is 25.2 Å². The number of piperidine rings is 1. The van der Waals surface area contributed by atoms with E-state index in [0.29, 0.717) is 0 Å². The fourth-order valence-electron chi connectivity index (χ4n) is 3.23. The molecule has 3 rings (SSSR count). The highest BCUT2D eigenvalue weighted by Gasteiger charge is 2.21. The van der Waals surface area contributed by atoms with Crippen molar-refractivity contribution < 1.29 is 0 Å². The Labute approximate surface area is 109 Å². The van der Waals surface area contributed by atoms with Crippen molar-refractivity contribution in [2.75, 3.05) is 20.1 Å². The highest BCUT2D eigenvalue weighted by Crippen LogP contribution is 2.24. The number of hydrogen-bond donors (Lipinski definition) is 1. The summed E-state index contributed by atoms with van der Waals surface area (Å²) in [7, 11) is 2.21. The molecule has 2 N–H and O–H groups in total. The Kier molecular flexibility index (Phi) is 3.39. The fraction of sp³-hybridized carbons (Fsp3) is 0.786. The van der Waals surface area contributed by atoms with Crippen LogP contribution < -0.4 is 5.73 Å². The van der Waals surface area contributed by atoms with Gasteiger partial charge < -0.3 is 15.2 Å². The minimum absolute atomic E-state index is 0.160. The molecule has 1 aromatic rings. The van der Waals surface area contributed by atoms with Crippen LogP contribution in [0.4, 0.5) is 0 Å². The molecule has 0 aromatic carbocycles. The van der Waals surface area contributed by atoms with Crippen LogP contribution in [0.15, 0.2) is 6.20 Å². The maximum atomic E-state index is 6.13. The van der Waals surface area contributed by atoms with Gasteiger partial charge in [0.2, 0.25) is 0 Å². The van der Waals surface area contributed by atoms with Gasteiger partial charge in [0.15, 0.2) is 0 Å². The number of nitrogens with two attached hydrogens (primary N) is 1. The molecule has 0 saturated carbocycles. The summed E-state index contributed by atoms with van der Waals surface area (Å²) in [5.41, 5.74) is 7.39. The molecule has 0 amide bonds. The van der Waals surface area contributed by atoms with Crippen LogP contribution in [0.1, 0.15) is 43.4 Å². The molecule has 3 heterocycles. The average molecular weight is 248 g/mol. The van der Waals surface area contributed by atoms with Crippen LogP contribution >= 0.6 is 0 Å². The van der Waals surface area contributed by atoms with Crippen molar-refractivity contribution in [3.63, 3.8) is 0 Å². The third-order valence-electron chi connectivity index (χ3n) is 4.45. The smallest absolute Gasteiger partial charge is 0.110 e. The molecule has 2 aliphatic rings. The van der Waals surface area contributed by atoms with Gasteiger partial charge in [0.1, 0.15) is 5.82 Å². The fourth-order valence-corrected chi connectivity index (χ4v) is 3.23. The summed E-state index contributed by atoms with van der Waals surface area (Å²) in [4.78, 5) is 7.20. The molecule has 0 spiro atoms. The predicted octanol–water partition coefficient (Wildman–Crippen LogP) is 1.56. The van der Waals surface area contributed by atoms with E-state index in [1.807, 2.05) is 0 Å². The molecular weight excluding hydrogens is 224 g/mol. The van der Waals surface area contributed by atoms with E-state index in [1.54, 1.807) is 0 Å². The molecule has 2 aliphatic heterocycles. The lowest BCUT2D eigenvalue weighted by Gasteiger charge is -2.28. The lowest BCUT2D eigenvalue weighted by molar-refractivity contribution is 0.218. The molecule has 1 fully saturated rings. The monoisotopic (exact) mass is 248 g/mol. The van der Waals surface area contributed by atoms with Crippen LogP contribution in [0.25, 0.3) is 0 Å². The summed E-state index contributed by atoms with van der Waals surface area (Å²) in [6.45, 7) is 2.47. The predicted molar refractivity (Wildman–Crippen MR) is 72.3 cm³/mol. The van der Waals surface area contributed by atoms with Crippen LogP contribution in [0.3, 0.4) is 0 Å². The number of aryl methyl sites for hydroxylation is 1. The molecule has 0 radical (unpaired) electrons. The highest BCUT2D eigenvalue weighted by molar-refractivity contribution is 5.08. The maximum Gasteiger partial charge on any atom is 0.110 e. The largest absolute Gasteiger partial charge is 0.319 e. The number of nitrogens with zero attached hydrogens (tertiary/aromatic N) is 3. The van der Waals surface area contributed by atoms with Crippen LogP contribution in [0.5, 0.6) is 0 Å². The minimum atomic E-state index is 0.160. The second-order valence-corrected chi connectivity index (χ2v) is 5.97. The highest BCUT2D eigenvalue weighted by atomic mass is 15.2. The topological polar surface area (TPSA) is 47.1 Å². The van der Waals surface area contributed by atoms with Crippen LogP contribution in [0, 0.1) is 5.92 Å². The lowest BCUT2D eigenvalue weighted by atomic mass is 9.93. The first kappa shape index (κ1) is 12.2. The normalized spacial score (nSPS) is 26.2. The summed E-state index contributed by atoms with van der Waals surface area (Å²) in [6.07, 6.45) is 9.50. The Morgan fingerprint density at radius 1 is 1.33 bits per heavy atom. The third kappa shape index (κ3) is 2.45. The van der Waals surface area contributed by atoms with Crippen LogP contribution in [-0.4, -0.2) is 34.6 Å². The summed E-state index contributed by atoms with van der Waals surface area (Å²) < 4.78 is 2.20. The van der Waals surface area contributed by atoms with Gasteiger partial charge in [-0.05, 0) is 58.2 Å². The van der Waals surface area contributed by atoms with Gasteiger partial charge in [0, 0.05) is 12.6 Å². The summed E-state index contributed by atoms with van der Waals surface area (Å²) in [6, 6.07) is 0. The van der Waals surface area contributed by atoms with Crippen molar-refractivity contribution in [1.29, 1.82) is 0 Å². The zero-order chi connectivity index (χ0) is 12.5. The number of hydrogen-bond acceptors (Lipinski definition) is 3. The van der Waals surface area contributed by atoms with Crippen molar-refractivity contribution in [2.45, 2.75) is 44.7 Å². The Morgan fingerprint density at radius 2 is 2.11 bits per heavy atom. The molecule has 1 unspecified atom stereocenters. The van der Waals surface area contributed by atoms with Crippen molar-refractivity contribution in [3.8, 4) is 0 Å². The Bertz CT molecular complexity index is 404. The summed E-state index contributed by atoms with van der Waals surface area (Å²) in [5.74, 6) is 2.02. The molecule has 0 bridgehead atoms. The molecule has 1 atom stereocenters. The van der Waals surface area contributed by atoms with Crippen molar-refractivity contribution in [2.24, 2.45) is 11.7 Å². The molecule has 18 heavy (non-hydrogen) atoms. The van der Waals surface area contributed by atoms with E-state index in [4.69, 9.17) is 10.7 Å². The first-order valence-corrected chi connectivity index (χ1v) is 7.23. The maximum absolute atomic E-state index is 6.13. The van der Waals surface area contributed by atoms with E-state index in [-0.39, 0.29) is 6.17 Å². The van der Waals surface area contributed by atoms with E-state index >= 15 is 0 Å². The zero-order valence-corrected chi connectivity index (χ0v) is 11.3. The van der Waals surface area contributed by atoms with Gasteiger partial charge in [0.05, 0.1) is 11.9 Å². The Hall–Kier alpha value is -0.870. The van der Waals surface area contributed by atoms with E-state index in [9.17, 15) is 0 Å². The first-order chi connectivity index (χ1) is 8.72. The average Bonchev–Trinajstić information content (AvgIpc) is 2.76. The number of likely N-dealkylation sites (tertiary alicyclic amines) is 1. The van der Waals surface area contributed by atoms with Gasteiger partial charge in [0.25, 0.3) is 0 Å². The van der Waals surface area contributed by atoms with Crippen molar-refractivity contribution >= 4 is 0 Å². The van der Waals surface area contributed by atoms with Crippen LogP contribution in [-0.2, 0) is 12.8 Å². The van der Waals surface area contributed by atoms with Gasteiger partial charge in [-0.1, -0.05) is 0 Å². The second kappa shape index (κ2) is 5.02. The quantitative estimate of drug-likeness (QED) is 0.864. The van der Waals surface area contributed by atoms with E-state index in [1.165, 1.54) is 43.9 Å². The molecule has 4 heteroatoms. The summed E-state index contributed by atoms with van der Waals surface area (Å²) in [5, 5.41) is 0. The lowest BCUT2D eigenvalue weighted by Crippen LogP contribution is -2.31. The summed E-state index contributed by atoms with van der Waals surface area (Å²) >= 11 is 0. The molecule has 0 aliphatic carbocycles. The first-order valence-electron chi connectivity index (χ1n) is 7.23. The van der Waals surface area contributed by atoms with Crippen LogP contribution in [0.2, 0.25) is 0 Å². The van der Waals surface area contributed by atoms with Crippen molar-refractivity contribution in [3.05, 3.63) is 17.7 Å². The number of aromatic nitrogens is 2.